The van der Waals surface area contributed by atoms with Crippen molar-refractivity contribution in [2.24, 2.45) is 0 Å². The van der Waals surface area contributed by atoms with Crippen molar-refractivity contribution >= 4 is 7.60 Å². The molecule has 0 aromatic carbocycles. The highest BCUT2D eigenvalue weighted by atomic mass is 31.2. The SMILES string of the molecule is CCOP(=O)(CCc1cccc(C#N)n1)OCC. The van der Waals surface area contributed by atoms with Crippen LogP contribution >= 0.6 is 7.60 Å². The van der Waals surface area contributed by atoms with Gasteiger partial charge in [-0.05, 0) is 26.0 Å². The molecule has 0 fully saturated rings. The summed E-state index contributed by atoms with van der Waals surface area (Å²) in [5.41, 5.74) is 1.07. The Labute approximate surface area is 107 Å². The average molecular weight is 268 g/mol. The van der Waals surface area contributed by atoms with Gasteiger partial charge in [-0.15, -0.1) is 0 Å². The quantitative estimate of drug-likeness (QED) is 0.711. The van der Waals surface area contributed by atoms with Gasteiger partial charge in [-0.1, -0.05) is 6.07 Å². The second-order valence-electron chi connectivity index (χ2n) is 3.55. The molecule has 18 heavy (non-hydrogen) atoms. The third-order valence-electron chi connectivity index (χ3n) is 2.21. The monoisotopic (exact) mass is 268 g/mol. The second-order valence-corrected chi connectivity index (χ2v) is 5.73. The van der Waals surface area contributed by atoms with Gasteiger partial charge in [0.15, 0.2) is 0 Å². The van der Waals surface area contributed by atoms with Crippen molar-refractivity contribution in [2.75, 3.05) is 19.4 Å². The standard InChI is InChI=1S/C12H17N2O3P/c1-3-16-18(15,17-4-2)9-8-11-6-5-7-12(10-13)14-11/h5-7H,3-4,8-9H2,1-2H3. The first kappa shape index (κ1) is 14.8. The summed E-state index contributed by atoms with van der Waals surface area (Å²) in [4.78, 5) is 4.12. The number of aryl methyl sites for hydroxylation is 1. The Morgan fingerprint density at radius 2 is 2.00 bits per heavy atom. The van der Waals surface area contributed by atoms with Gasteiger partial charge < -0.3 is 9.05 Å². The van der Waals surface area contributed by atoms with Crippen molar-refractivity contribution in [2.45, 2.75) is 20.3 Å². The summed E-state index contributed by atoms with van der Waals surface area (Å²) in [7, 11) is -3.03. The van der Waals surface area contributed by atoms with Crippen LogP contribution in [0.4, 0.5) is 0 Å². The number of aromatic nitrogens is 1. The van der Waals surface area contributed by atoms with Crippen LogP contribution in [0.2, 0.25) is 0 Å². The summed E-state index contributed by atoms with van der Waals surface area (Å²) in [5, 5.41) is 8.74. The maximum Gasteiger partial charge on any atom is 0.331 e. The summed E-state index contributed by atoms with van der Waals surface area (Å²) in [6.07, 6.45) is 0.739. The van der Waals surface area contributed by atoms with Crippen LogP contribution in [0.25, 0.3) is 0 Å². The van der Waals surface area contributed by atoms with E-state index in [0.29, 0.717) is 31.0 Å². The van der Waals surface area contributed by atoms with E-state index in [1.807, 2.05) is 6.07 Å². The van der Waals surface area contributed by atoms with Crippen molar-refractivity contribution < 1.29 is 13.6 Å². The Morgan fingerprint density at radius 1 is 1.33 bits per heavy atom. The van der Waals surface area contributed by atoms with E-state index >= 15 is 0 Å². The number of rotatable bonds is 7. The Bertz CT molecular complexity index is 461. The summed E-state index contributed by atoms with van der Waals surface area (Å²) in [6, 6.07) is 7.16. The molecular weight excluding hydrogens is 251 g/mol. The normalized spacial score (nSPS) is 11.2. The van der Waals surface area contributed by atoms with E-state index in [9.17, 15) is 4.57 Å². The molecule has 0 atom stereocenters. The van der Waals surface area contributed by atoms with E-state index in [-0.39, 0.29) is 6.16 Å². The Hall–Kier alpha value is -1.21. The first-order valence-electron chi connectivity index (χ1n) is 5.87. The first-order chi connectivity index (χ1) is 8.63. The molecule has 0 bridgehead atoms. The highest BCUT2D eigenvalue weighted by Crippen LogP contribution is 2.48. The molecule has 0 unspecified atom stereocenters. The lowest BCUT2D eigenvalue weighted by molar-refractivity contribution is 0.220. The van der Waals surface area contributed by atoms with Gasteiger partial charge in [0.1, 0.15) is 11.8 Å². The van der Waals surface area contributed by atoms with Crippen LogP contribution in [0.1, 0.15) is 25.2 Å². The van der Waals surface area contributed by atoms with Crippen LogP contribution in [0.3, 0.4) is 0 Å². The van der Waals surface area contributed by atoms with Crippen molar-refractivity contribution in [3.63, 3.8) is 0 Å². The maximum atomic E-state index is 12.2. The van der Waals surface area contributed by atoms with Crippen LogP contribution in [-0.4, -0.2) is 24.4 Å². The van der Waals surface area contributed by atoms with Crippen molar-refractivity contribution in [1.29, 1.82) is 5.26 Å². The van der Waals surface area contributed by atoms with Gasteiger partial charge in [0.2, 0.25) is 0 Å². The van der Waals surface area contributed by atoms with Crippen LogP contribution in [0, 0.1) is 11.3 Å². The van der Waals surface area contributed by atoms with Crippen molar-refractivity contribution in [1.82, 2.24) is 4.98 Å². The van der Waals surface area contributed by atoms with E-state index in [4.69, 9.17) is 14.3 Å². The third-order valence-corrected chi connectivity index (χ3v) is 4.29. The van der Waals surface area contributed by atoms with Gasteiger partial charge in [-0.2, -0.15) is 5.26 Å². The van der Waals surface area contributed by atoms with E-state index < -0.39 is 7.60 Å². The highest BCUT2D eigenvalue weighted by Gasteiger charge is 2.23. The topological polar surface area (TPSA) is 72.2 Å². The molecule has 0 amide bonds. The molecule has 1 aromatic rings. The lowest BCUT2D eigenvalue weighted by atomic mass is 10.2. The van der Waals surface area contributed by atoms with Crippen molar-refractivity contribution in [3.8, 4) is 6.07 Å². The number of nitrogens with zero attached hydrogens (tertiary/aromatic N) is 2. The van der Waals surface area contributed by atoms with Crippen molar-refractivity contribution in [3.05, 3.63) is 29.6 Å². The lowest BCUT2D eigenvalue weighted by Crippen LogP contribution is -2.04. The molecule has 1 aromatic heterocycles. The molecule has 0 N–H and O–H groups in total. The minimum absolute atomic E-state index is 0.274. The molecule has 0 aliphatic heterocycles. The second kappa shape index (κ2) is 7.27. The van der Waals surface area contributed by atoms with Gasteiger partial charge in [0.05, 0.1) is 19.4 Å². The predicted octanol–water partition coefficient (Wildman–Crippen LogP) is 2.76. The van der Waals surface area contributed by atoms with Crippen LogP contribution in [0.5, 0.6) is 0 Å². The summed E-state index contributed by atoms with van der Waals surface area (Å²) in [6.45, 7) is 4.26. The Morgan fingerprint density at radius 3 is 2.56 bits per heavy atom. The molecule has 0 saturated heterocycles. The zero-order valence-corrected chi connectivity index (χ0v) is 11.5. The van der Waals surface area contributed by atoms with Gasteiger partial charge in [0.25, 0.3) is 0 Å². The zero-order chi connectivity index (χ0) is 13.4. The lowest BCUT2D eigenvalue weighted by Gasteiger charge is -2.16. The number of pyridine rings is 1. The summed E-state index contributed by atoms with van der Waals surface area (Å²) < 4.78 is 22.6. The number of nitriles is 1. The predicted molar refractivity (Wildman–Crippen MR) is 68.4 cm³/mol. The Kier molecular flexibility index (Phi) is 6.00. The molecule has 5 nitrogen and oxygen atoms in total. The van der Waals surface area contributed by atoms with E-state index in [0.717, 1.165) is 0 Å². The molecule has 0 radical (unpaired) electrons. The molecule has 0 spiro atoms. The average Bonchev–Trinajstić information content (AvgIpc) is 2.37. The molecular formula is C12H17N2O3P. The number of hydrogen-bond acceptors (Lipinski definition) is 5. The van der Waals surface area contributed by atoms with Gasteiger partial charge >= 0.3 is 7.60 Å². The fourth-order valence-electron chi connectivity index (χ4n) is 1.49. The summed E-state index contributed by atoms with van der Waals surface area (Å²) in [5.74, 6) is 0. The summed E-state index contributed by atoms with van der Waals surface area (Å²) >= 11 is 0. The van der Waals surface area contributed by atoms with E-state index in [2.05, 4.69) is 4.98 Å². The third kappa shape index (κ3) is 4.58. The number of hydrogen-bond donors (Lipinski definition) is 0. The molecule has 6 heteroatoms. The van der Waals surface area contributed by atoms with Gasteiger partial charge in [0, 0.05) is 12.1 Å². The van der Waals surface area contributed by atoms with E-state index in [1.165, 1.54) is 0 Å². The largest absolute Gasteiger partial charge is 0.331 e. The van der Waals surface area contributed by atoms with Gasteiger partial charge in [-0.25, -0.2) is 4.98 Å². The van der Waals surface area contributed by atoms with E-state index in [1.54, 1.807) is 32.0 Å². The minimum Gasteiger partial charge on any atom is -0.309 e. The molecule has 0 saturated carbocycles. The van der Waals surface area contributed by atoms with Crippen LogP contribution in [0.15, 0.2) is 18.2 Å². The Balaban J connectivity index is 2.67. The molecule has 1 rings (SSSR count). The molecule has 0 aliphatic rings. The van der Waals surface area contributed by atoms with Crippen LogP contribution < -0.4 is 0 Å². The smallest absolute Gasteiger partial charge is 0.309 e. The van der Waals surface area contributed by atoms with Gasteiger partial charge in [-0.3, -0.25) is 4.57 Å². The van der Waals surface area contributed by atoms with Crippen LogP contribution in [-0.2, 0) is 20.0 Å². The molecule has 0 aliphatic carbocycles. The fraction of sp³-hybridized carbons (Fsp3) is 0.500. The first-order valence-corrected chi connectivity index (χ1v) is 7.60. The fourth-order valence-corrected chi connectivity index (χ4v) is 3.11. The maximum absolute atomic E-state index is 12.2. The molecule has 98 valence electrons. The molecule has 1 heterocycles. The minimum atomic E-state index is -3.03. The zero-order valence-electron chi connectivity index (χ0n) is 10.6. The highest BCUT2D eigenvalue weighted by molar-refractivity contribution is 7.53.